The van der Waals surface area contributed by atoms with Crippen LogP contribution in [0.5, 0.6) is 0 Å². The van der Waals surface area contributed by atoms with E-state index in [0.717, 1.165) is 0 Å². The summed E-state index contributed by atoms with van der Waals surface area (Å²) in [5.74, 6) is -0.613. The van der Waals surface area contributed by atoms with Gasteiger partial charge in [-0.25, -0.2) is 8.42 Å². The molecule has 1 aliphatic carbocycles. The van der Waals surface area contributed by atoms with Gasteiger partial charge in [0.05, 0.1) is 17.4 Å². The summed E-state index contributed by atoms with van der Waals surface area (Å²) in [5, 5.41) is 15.9. The van der Waals surface area contributed by atoms with Gasteiger partial charge in [0.15, 0.2) is 9.84 Å². The molecule has 1 saturated heterocycles. The topological polar surface area (TPSA) is 114 Å². The fraction of sp³-hybridized carbons (Fsp3) is 0.867. The quantitative estimate of drug-likeness (QED) is 0.719. The normalized spacial score (nSPS) is 27.3. The zero-order chi connectivity index (χ0) is 17.6. The highest BCUT2D eigenvalue weighted by Gasteiger charge is 2.50. The Balaban J connectivity index is 1.63. The molecule has 0 aromatic heterocycles. The first-order valence-electron chi connectivity index (χ1n) is 8.24. The Morgan fingerprint density at radius 1 is 1.33 bits per heavy atom. The molecular weight excluding hydrogens is 336 g/mol. The molecule has 1 saturated carbocycles. The molecule has 1 amide bonds. The molecule has 8 nitrogen and oxygen atoms in total. The maximum atomic E-state index is 12.8. The second kappa shape index (κ2) is 5.96. The Morgan fingerprint density at radius 2 is 1.96 bits per heavy atom. The van der Waals surface area contributed by atoms with E-state index < -0.39 is 37.6 Å². The Kier molecular flexibility index (Phi) is 4.38. The van der Waals surface area contributed by atoms with E-state index in [1.807, 2.05) is 0 Å². The van der Waals surface area contributed by atoms with Crippen LogP contribution in [0.15, 0.2) is 5.16 Å². The van der Waals surface area contributed by atoms with E-state index in [1.165, 1.54) is 13.8 Å². The molecule has 1 atom stereocenters. The van der Waals surface area contributed by atoms with Gasteiger partial charge in [-0.05, 0) is 39.5 Å². The maximum absolute atomic E-state index is 12.8. The van der Waals surface area contributed by atoms with E-state index in [9.17, 15) is 18.3 Å². The molecule has 2 fully saturated rings. The minimum Gasteiger partial charge on any atom is -0.384 e. The third kappa shape index (κ3) is 3.04. The summed E-state index contributed by atoms with van der Waals surface area (Å²) in [4.78, 5) is 17.7. The highest BCUT2D eigenvalue weighted by Crippen LogP contribution is 2.39. The fourth-order valence-corrected chi connectivity index (χ4v) is 4.95. The van der Waals surface area contributed by atoms with Gasteiger partial charge in [-0.15, -0.1) is 0 Å². The van der Waals surface area contributed by atoms with Crippen molar-refractivity contribution in [3.63, 3.8) is 0 Å². The number of nitrogens with zero attached hydrogens (tertiary/aromatic N) is 1. The molecule has 2 aliphatic heterocycles. The molecule has 0 aromatic carbocycles. The zero-order valence-corrected chi connectivity index (χ0v) is 14.8. The predicted octanol–water partition coefficient (Wildman–Crippen LogP) is 0.102. The SMILES string of the molecule is CC(C)(C(=O)NC1CC(C2(O)CC2)=NO1)S(=O)(=O)C1CCOCC1. The van der Waals surface area contributed by atoms with Crippen LogP contribution in [0.1, 0.15) is 46.0 Å². The van der Waals surface area contributed by atoms with Crippen molar-refractivity contribution in [2.24, 2.45) is 5.16 Å². The number of carbonyl (C=O) groups is 1. The predicted molar refractivity (Wildman–Crippen MR) is 86.1 cm³/mol. The lowest BCUT2D eigenvalue weighted by Crippen LogP contribution is -2.54. The summed E-state index contributed by atoms with van der Waals surface area (Å²) in [6.07, 6.45) is 1.62. The fourth-order valence-electron chi connectivity index (χ4n) is 2.99. The van der Waals surface area contributed by atoms with Crippen LogP contribution >= 0.6 is 0 Å². The Bertz CT molecular complexity index is 647. The molecule has 0 radical (unpaired) electrons. The molecule has 1 unspecified atom stereocenters. The average Bonchev–Trinajstić information content (AvgIpc) is 3.12. The highest BCUT2D eigenvalue weighted by atomic mass is 32.2. The number of hydrogen-bond acceptors (Lipinski definition) is 7. The lowest BCUT2D eigenvalue weighted by Gasteiger charge is -2.31. The summed E-state index contributed by atoms with van der Waals surface area (Å²) < 4.78 is 29.3. The summed E-state index contributed by atoms with van der Waals surface area (Å²) in [7, 11) is -3.67. The van der Waals surface area contributed by atoms with Gasteiger partial charge in [0, 0.05) is 13.2 Å². The van der Waals surface area contributed by atoms with Crippen LogP contribution < -0.4 is 5.32 Å². The maximum Gasteiger partial charge on any atom is 0.243 e. The minimum atomic E-state index is -3.67. The molecule has 2 N–H and O–H groups in total. The zero-order valence-electron chi connectivity index (χ0n) is 13.9. The Morgan fingerprint density at radius 3 is 2.54 bits per heavy atom. The number of oxime groups is 1. The molecule has 9 heteroatoms. The second-order valence-electron chi connectivity index (χ2n) is 7.21. The first-order chi connectivity index (χ1) is 11.2. The third-order valence-corrected chi connectivity index (χ3v) is 8.04. The van der Waals surface area contributed by atoms with Crippen molar-refractivity contribution in [1.29, 1.82) is 0 Å². The molecule has 3 rings (SSSR count). The average molecular weight is 360 g/mol. The van der Waals surface area contributed by atoms with Gasteiger partial charge < -0.3 is 20.0 Å². The number of nitrogens with one attached hydrogen (secondary N) is 1. The largest absolute Gasteiger partial charge is 0.384 e. The van der Waals surface area contributed by atoms with Crippen LogP contribution in [0.3, 0.4) is 0 Å². The Labute approximate surface area is 141 Å². The van der Waals surface area contributed by atoms with E-state index in [0.29, 0.717) is 44.6 Å². The summed E-state index contributed by atoms with van der Waals surface area (Å²) in [6, 6.07) is 0. The van der Waals surface area contributed by atoms with Crippen LogP contribution in [0.4, 0.5) is 0 Å². The molecule has 0 aromatic rings. The van der Waals surface area contributed by atoms with Crippen LogP contribution in [0, 0.1) is 0 Å². The number of aliphatic hydroxyl groups is 1. The summed E-state index contributed by atoms with van der Waals surface area (Å²) >= 11 is 0. The van der Waals surface area contributed by atoms with Crippen molar-refractivity contribution in [3.8, 4) is 0 Å². The Hall–Kier alpha value is -1.19. The van der Waals surface area contributed by atoms with Gasteiger partial charge in [-0.1, -0.05) is 5.16 Å². The number of carbonyl (C=O) groups excluding carboxylic acids is 1. The van der Waals surface area contributed by atoms with E-state index in [4.69, 9.17) is 9.57 Å². The molecule has 3 aliphatic rings. The van der Waals surface area contributed by atoms with E-state index in [-0.39, 0.29) is 6.42 Å². The first kappa shape index (κ1) is 17.6. The van der Waals surface area contributed by atoms with Crippen molar-refractivity contribution in [2.75, 3.05) is 13.2 Å². The van der Waals surface area contributed by atoms with Crippen molar-refractivity contribution in [1.82, 2.24) is 5.32 Å². The van der Waals surface area contributed by atoms with Crippen molar-refractivity contribution < 1.29 is 27.9 Å². The molecule has 2 heterocycles. The standard InChI is InChI=1S/C15H24N2O6S/c1-14(2,24(20,21)10-3-7-22-8-4-10)13(18)16-12-9-11(17-23-12)15(19)5-6-15/h10,12,19H,3-9H2,1-2H3,(H,16,18). The lowest BCUT2D eigenvalue weighted by atomic mass is 10.1. The van der Waals surface area contributed by atoms with Crippen molar-refractivity contribution in [3.05, 3.63) is 0 Å². The number of hydrogen-bond donors (Lipinski definition) is 2. The number of rotatable bonds is 5. The van der Waals surface area contributed by atoms with Crippen molar-refractivity contribution >= 4 is 21.5 Å². The second-order valence-corrected chi connectivity index (χ2v) is 9.99. The van der Waals surface area contributed by atoms with Crippen LogP contribution in [0.2, 0.25) is 0 Å². The smallest absolute Gasteiger partial charge is 0.243 e. The van der Waals surface area contributed by atoms with E-state index in [2.05, 4.69) is 10.5 Å². The summed E-state index contributed by atoms with van der Waals surface area (Å²) in [5.41, 5.74) is -0.388. The first-order valence-corrected chi connectivity index (χ1v) is 9.79. The highest BCUT2D eigenvalue weighted by molar-refractivity contribution is 7.94. The third-order valence-electron chi connectivity index (χ3n) is 5.09. The molecule has 136 valence electrons. The van der Waals surface area contributed by atoms with Gasteiger partial charge in [0.25, 0.3) is 0 Å². The lowest BCUT2D eigenvalue weighted by molar-refractivity contribution is -0.126. The summed E-state index contributed by atoms with van der Waals surface area (Å²) in [6.45, 7) is 3.61. The van der Waals surface area contributed by atoms with Crippen LogP contribution in [-0.4, -0.2) is 60.2 Å². The van der Waals surface area contributed by atoms with Gasteiger partial charge >= 0.3 is 0 Å². The van der Waals surface area contributed by atoms with E-state index >= 15 is 0 Å². The van der Waals surface area contributed by atoms with Gasteiger partial charge in [0.1, 0.15) is 10.3 Å². The van der Waals surface area contributed by atoms with Gasteiger partial charge in [-0.2, -0.15) is 0 Å². The molecule has 24 heavy (non-hydrogen) atoms. The van der Waals surface area contributed by atoms with E-state index in [1.54, 1.807) is 0 Å². The molecule has 0 spiro atoms. The van der Waals surface area contributed by atoms with Gasteiger partial charge in [0.2, 0.25) is 12.1 Å². The van der Waals surface area contributed by atoms with Crippen molar-refractivity contribution in [2.45, 2.75) is 67.8 Å². The molecular formula is C15H24N2O6S. The minimum absolute atomic E-state index is 0.273. The number of sulfone groups is 1. The number of ether oxygens (including phenoxy) is 1. The number of amides is 1. The van der Waals surface area contributed by atoms with Crippen LogP contribution in [-0.2, 0) is 24.2 Å². The monoisotopic (exact) mass is 360 g/mol. The van der Waals surface area contributed by atoms with Crippen LogP contribution in [0.25, 0.3) is 0 Å². The molecule has 0 bridgehead atoms. The van der Waals surface area contributed by atoms with Gasteiger partial charge in [-0.3, -0.25) is 4.79 Å².